The molecular weight excluding hydrogens is 629 g/mol. The summed E-state index contributed by atoms with van der Waals surface area (Å²) in [6.07, 6.45) is 3.58. The zero-order valence-electron chi connectivity index (χ0n) is 24.7. The van der Waals surface area contributed by atoms with Crippen molar-refractivity contribution in [2.75, 3.05) is 30.3 Å². The Morgan fingerprint density at radius 2 is 1.67 bits per heavy atom. The number of hydrogen-bond acceptors (Lipinski definition) is 6. The van der Waals surface area contributed by atoms with Gasteiger partial charge in [0.1, 0.15) is 18.3 Å². The number of nitrogens with zero attached hydrogens (tertiary/aromatic N) is 2. The van der Waals surface area contributed by atoms with Crippen LogP contribution in [0.5, 0.6) is 5.75 Å². The first-order valence-electron chi connectivity index (χ1n) is 13.9. The molecule has 12 heteroatoms. The number of hydrogen-bond donors (Lipinski definition) is 1. The van der Waals surface area contributed by atoms with Crippen LogP contribution in [0.1, 0.15) is 39.2 Å². The van der Waals surface area contributed by atoms with Gasteiger partial charge in [-0.2, -0.15) is 0 Å². The molecule has 8 nitrogen and oxygen atoms in total. The van der Waals surface area contributed by atoms with Gasteiger partial charge in [0.25, 0.3) is 10.0 Å². The molecule has 232 valence electrons. The maximum absolute atomic E-state index is 14.1. The van der Waals surface area contributed by atoms with Gasteiger partial charge in [-0.15, -0.1) is 11.8 Å². The highest BCUT2D eigenvalue weighted by Gasteiger charge is 2.33. The Bertz CT molecular complexity index is 1490. The van der Waals surface area contributed by atoms with Crippen molar-refractivity contribution in [2.45, 2.75) is 56.0 Å². The first kappa shape index (κ1) is 34.6. The molecular formula is C31H37Cl2N3O5S2. The number of sulfonamides is 1. The Morgan fingerprint density at radius 3 is 2.26 bits per heavy atom. The Labute approximate surface area is 268 Å². The number of thioether (sulfide) groups is 1. The molecule has 0 bridgehead atoms. The standard InChI is InChI=1S/C31H37Cl2N3O5S2/c1-5-7-18-34-31(38)22(3)35(20-23-8-9-24(32)19-29(23)33)30(37)21-36(25-10-12-26(13-11-25)41-6-2)43(39,40)28-16-14-27(42-4)15-17-28/h8-17,19,22H,5-7,18,20-21H2,1-4H3,(H,34,38)/t22-/m0/s1. The Hall–Kier alpha value is -2.92. The van der Waals surface area contributed by atoms with E-state index < -0.39 is 28.5 Å². The van der Waals surface area contributed by atoms with Gasteiger partial charge in [0.15, 0.2) is 0 Å². The third-order valence-corrected chi connectivity index (χ3v) is 9.83. The van der Waals surface area contributed by atoms with E-state index in [9.17, 15) is 18.0 Å². The van der Waals surface area contributed by atoms with E-state index in [-0.39, 0.29) is 23.0 Å². The van der Waals surface area contributed by atoms with Gasteiger partial charge in [0.05, 0.1) is 17.2 Å². The van der Waals surface area contributed by atoms with Gasteiger partial charge in [-0.05, 0) is 92.8 Å². The van der Waals surface area contributed by atoms with Gasteiger partial charge < -0.3 is 15.0 Å². The Balaban J connectivity index is 2.03. The highest BCUT2D eigenvalue weighted by atomic mass is 35.5. The quantitative estimate of drug-likeness (QED) is 0.144. The number of carbonyl (C=O) groups is 2. The average molecular weight is 667 g/mol. The smallest absolute Gasteiger partial charge is 0.264 e. The number of rotatable bonds is 15. The Kier molecular flexibility index (Phi) is 13.1. The van der Waals surface area contributed by atoms with Crippen LogP contribution >= 0.6 is 35.0 Å². The van der Waals surface area contributed by atoms with Crippen LogP contribution in [0.3, 0.4) is 0 Å². The molecule has 1 N–H and O–H groups in total. The minimum atomic E-state index is -4.19. The fraction of sp³-hybridized carbons (Fsp3) is 0.355. The number of ether oxygens (including phenoxy) is 1. The van der Waals surface area contributed by atoms with E-state index in [1.807, 2.05) is 20.1 Å². The van der Waals surface area contributed by atoms with Crippen molar-refractivity contribution in [2.24, 2.45) is 0 Å². The predicted octanol–water partition coefficient (Wildman–Crippen LogP) is 6.64. The monoisotopic (exact) mass is 665 g/mol. The molecule has 3 aromatic rings. The SMILES string of the molecule is CCCCNC(=O)[C@H](C)N(Cc1ccc(Cl)cc1Cl)C(=O)CN(c1ccc(OCC)cc1)S(=O)(=O)c1ccc(SC)cc1. The highest BCUT2D eigenvalue weighted by molar-refractivity contribution is 7.98. The molecule has 1 atom stereocenters. The first-order chi connectivity index (χ1) is 20.5. The third kappa shape index (κ3) is 9.28. The molecule has 0 fully saturated rings. The maximum atomic E-state index is 14.1. The van der Waals surface area contributed by atoms with Gasteiger partial charge >= 0.3 is 0 Å². The molecule has 3 aromatic carbocycles. The molecule has 0 unspecified atom stereocenters. The summed E-state index contributed by atoms with van der Waals surface area (Å²) >= 11 is 14.0. The lowest BCUT2D eigenvalue weighted by molar-refractivity contribution is -0.139. The van der Waals surface area contributed by atoms with Gasteiger partial charge in [0.2, 0.25) is 11.8 Å². The molecule has 0 spiro atoms. The molecule has 0 aliphatic rings. The molecule has 0 aromatic heterocycles. The van der Waals surface area contributed by atoms with Crippen molar-refractivity contribution in [1.29, 1.82) is 0 Å². The average Bonchev–Trinajstić information content (AvgIpc) is 2.99. The van der Waals surface area contributed by atoms with Crippen LogP contribution in [0, 0.1) is 0 Å². The second-order valence-corrected chi connectivity index (χ2v) is 13.3. The summed E-state index contributed by atoms with van der Waals surface area (Å²) in [4.78, 5) is 29.5. The molecule has 0 saturated carbocycles. The van der Waals surface area contributed by atoms with E-state index in [0.717, 1.165) is 22.0 Å². The van der Waals surface area contributed by atoms with Crippen molar-refractivity contribution in [3.05, 3.63) is 82.3 Å². The van der Waals surface area contributed by atoms with Crippen LogP contribution in [0.2, 0.25) is 10.0 Å². The summed E-state index contributed by atoms with van der Waals surface area (Å²) < 4.78 is 34.6. The molecule has 0 radical (unpaired) electrons. The largest absolute Gasteiger partial charge is 0.494 e. The van der Waals surface area contributed by atoms with E-state index in [1.54, 1.807) is 61.5 Å². The number of amides is 2. The third-order valence-electron chi connectivity index (χ3n) is 6.71. The molecule has 0 aliphatic heterocycles. The fourth-order valence-corrected chi connectivity index (χ4v) is 6.52. The number of nitrogens with one attached hydrogen (secondary N) is 1. The van der Waals surface area contributed by atoms with Gasteiger partial charge in [-0.1, -0.05) is 42.6 Å². The van der Waals surface area contributed by atoms with Crippen LogP contribution < -0.4 is 14.4 Å². The summed E-state index contributed by atoms with van der Waals surface area (Å²) in [6.45, 7) is 5.79. The fourth-order valence-electron chi connectivity index (χ4n) is 4.23. The summed E-state index contributed by atoms with van der Waals surface area (Å²) in [5.41, 5.74) is 0.839. The van der Waals surface area contributed by atoms with E-state index in [1.165, 1.54) is 28.8 Å². The minimum Gasteiger partial charge on any atom is -0.494 e. The Morgan fingerprint density at radius 1 is 1.00 bits per heavy atom. The molecule has 2 amide bonds. The van der Waals surface area contributed by atoms with Crippen molar-refractivity contribution in [3.8, 4) is 5.75 Å². The van der Waals surface area contributed by atoms with Crippen LogP contribution in [-0.4, -0.2) is 57.1 Å². The number of carbonyl (C=O) groups excluding carboxylic acids is 2. The lowest BCUT2D eigenvalue weighted by Gasteiger charge is -2.32. The number of halogens is 2. The topological polar surface area (TPSA) is 96.0 Å². The first-order valence-corrected chi connectivity index (χ1v) is 17.3. The van der Waals surface area contributed by atoms with Gasteiger partial charge in [-0.25, -0.2) is 8.42 Å². The van der Waals surface area contributed by atoms with E-state index in [4.69, 9.17) is 27.9 Å². The van der Waals surface area contributed by atoms with Crippen molar-refractivity contribution < 1.29 is 22.7 Å². The van der Waals surface area contributed by atoms with Crippen LogP contribution in [0.15, 0.2) is 76.5 Å². The second kappa shape index (κ2) is 16.2. The van der Waals surface area contributed by atoms with Crippen molar-refractivity contribution in [1.82, 2.24) is 10.2 Å². The number of unbranched alkanes of at least 4 members (excludes halogenated alkanes) is 1. The lowest BCUT2D eigenvalue weighted by atomic mass is 10.1. The van der Waals surface area contributed by atoms with Gasteiger partial charge in [-0.3, -0.25) is 13.9 Å². The number of benzene rings is 3. The van der Waals surface area contributed by atoms with Crippen molar-refractivity contribution >= 4 is 62.5 Å². The van der Waals surface area contributed by atoms with E-state index >= 15 is 0 Å². The summed E-state index contributed by atoms with van der Waals surface area (Å²) in [5, 5.41) is 3.62. The van der Waals surface area contributed by atoms with E-state index in [0.29, 0.717) is 34.5 Å². The summed E-state index contributed by atoms with van der Waals surface area (Å²) in [6, 6.07) is 16.9. The zero-order chi connectivity index (χ0) is 31.6. The van der Waals surface area contributed by atoms with Gasteiger partial charge in [0, 0.05) is 28.0 Å². The molecule has 0 aliphatic carbocycles. The van der Waals surface area contributed by atoms with Crippen LogP contribution in [0.25, 0.3) is 0 Å². The van der Waals surface area contributed by atoms with Crippen LogP contribution in [0.4, 0.5) is 5.69 Å². The summed E-state index contributed by atoms with van der Waals surface area (Å²) in [7, 11) is -4.19. The summed E-state index contributed by atoms with van der Waals surface area (Å²) in [5.74, 6) is -0.368. The molecule has 0 saturated heterocycles. The molecule has 43 heavy (non-hydrogen) atoms. The van der Waals surface area contributed by atoms with Crippen LogP contribution in [-0.2, 0) is 26.2 Å². The maximum Gasteiger partial charge on any atom is 0.264 e. The highest BCUT2D eigenvalue weighted by Crippen LogP contribution is 2.29. The lowest BCUT2D eigenvalue weighted by Crippen LogP contribution is -2.51. The van der Waals surface area contributed by atoms with Crippen molar-refractivity contribution in [3.63, 3.8) is 0 Å². The normalized spacial score (nSPS) is 12.0. The number of anilines is 1. The zero-order valence-corrected chi connectivity index (χ0v) is 27.8. The molecule has 0 heterocycles. The minimum absolute atomic E-state index is 0.0310. The second-order valence-electron chi connectivity index (χ2n) is 9.69. The van der Waals surface area contributed by atoms with E-state index in [2.05, 4.69) is 5.32 Å². The predicted molar refractivity (Wildman–Crippen MR) is 175 cm³/mol. The molecule has 3 rings (SSSR count).